The number of alkyl halides is 1. The van der Waals surface area contributed by atoms with Crippen molar-refractivity contribution in [1.29, 1.82) is 0 Å². The van der Waals surface area contributed by atoms with Crippen LogP contribution in [0.15, 0.2) is 0 Å². The summed E-state index contributed by atoms with van der Waals surface area (Å²) >= 11 is 5.40. The van der Waals surface area contributed by atoms with Crippen LogP contribution in [-0.2, 0) is 9.53 Å². The zero-order chi connectivity index (χ0) is 8.81. The Kier molecular flexibility index (Phi) is 4.62. The first-order valence-electron chi connectivity index (χ1n) is 4.48. The Hall–Kier alpha value is -0.0800. The number of hydrogen-bond donors (Lipinski definition) is 0. The maximum atomic E-state index is 10.9. The van der Waals surface area contributed by atoms with Gasteiger partial charge in [-0.25, -0.2) is 0 Å². The topological polar surface area (TPSA) is 26.3 Å². The van der Waals surface area contributed by atoms with Crippen molar-refractivity contribution in [3.63, 3.8) is 0 Å². The summed E-state index contributed by atoms with van der Waals surface area (Å²) in [5, 5.41) is 0. The molecule has 0 aliphatic carbocycles. The van der Waals surface area contributed by atoms with E-state index < -0.39 is 0 Å². The number of Topliss-reactive ketones (excluding diaryl/α,β-unsaturated/α-hetero) is 1. The van der Waals surface area contributed by atoms with E-state index in [2.05, 4.69) is 0 Å². The Bertz CT molecular complexity index is 141. The number of halogens is 1. The third-order valence-electron chi connectivity index (χ3n) is 2.32. The minimum Gasteiger partial charge on any atom is -0.381 e. The summed E-state index contributed by atoms with van der Waals surface area (Å²) < 4.78 is 5.22. The minimum absolute atomic E-state index is 0.170. The fourth-order valence-electron chi connectivity index (χ4n) is 1.47. The van der Waals surface area contributed by atoms with Crippen LogP contribution in [0.25, 0.3) is 0 Å². The first-order chi connectivity index (χ1) is 5.83. The smallest absolute Gasteiger partial charge is 0.147 e. The summed E-state index contributed by atoms with van der Waals surface area (Å²) in [6.45, 7) is 1.72. The molecule has 1 aliphatic rings. The van der Waals surface area contributed by atoms with Crippen LogP contribution in [0.4, 0.5) is 0 Å². The third kappa shape index (κ3) is 3.55. The molecule has 0 aromatic rings. The standard InChI is InChI=1S/C9H15ClO2/c10-7-9(11)2-1-8-3-5-12-6-4-8/h8H,1-7H2. The molecule has 0 bridgehead atoms. The molecular formula is C9H15ClO2. The molecule has 0 atom stereocenters. The molecule has 0 unspecified atom stereocenters. The van der Waals surface area contributed by atoms with Crippen LogP contribution in [-0.4, -0.2) is 24.9 Å². The molecule has 0 saturated carbocycles. The Morgan fingerprint density at radius 1 is 1.42 bits per heavy atom. The number of carbonyl (C=O) groups is 1. The molecule has 1 aliphatic heterocycles. The maximum absolute atomic E-state index is 10.9. The van der Waals surface area contributed by atoms with Crippen molar-refractivity contribution in [1.82, 2.24) is 0 Å². The molecule has 1 saturated heterocycles. The van der Waals surface area contributed by atoms with Crippen molar-refractivity contribution in [3.05, 3.63) is 0 Å². The lowest BCUT2D eigenvalue weighted by atomic mass is 9.94. The lowest BCUT2D eigenvalue weighted by Gasteiger charge is -2.21. The molecular weight excluding hydrogens is 176 g/mol. The van der Waals surface area contributed by atoms with Gasteiger partial charge >= 0.3 is 0 Å². The van der Waals surface area contributed by atoms with Crippen molar-refractivity contribution in [2.24, 2.45) is 5.92 Å². The molecule has 0 aromatic carbocycles. The van der Waals surface area contributed by atoms with Crippen molar-refractivity contribution in [2.75, 3.05) is 19.1 Å². The van der Waals surface area contributed by atoms with E-state index in [0.29, 0.717) is 12.3 Å². The highest BCUT2D eigenvalue weighted by molar-refractivity contribution is 6.27. The van der Waals surface area contributed by atoms with E-state index in [9.17, 15) is 4.79 Å². The van der Waals surface area contributed by atoms with Gasteiger partial charge in [-0.3, -0.25) is 4.79 Å². The zero-order valence-electron chi connectivity index (χ0n) is 7.22. The molecule has 0 aromatic heterocycles. The zero-order valence-corrected chi connectivity index (χ0v) is 7.98. The van der Waals surface area contributed by atoms with Crippen LogP contribution in [0.1, 0.15) is 25.7 Å². The molecule has 0 N–H and O–H groups in total. The molecule has 0 amide bonds. The molecule has 0 radical (unpaired) electrons. The van der Waals surface area contributed by atoms with Gasteiger partial charge in [-0.15, -0.1) is 11.6 Å². The molecule has 1 heterocycles. The van der Waals surface area contributed by atoms with Gasteiger partial charge in [0, 0.05) is 19.6 Å². The molecule has 2 nitrogen and oxygen atoms in total. The van der Waals surface area contributed by atoms with Crippen molar-refractivity contribution in [2.45, 2.75) is 25.7 Å². The first kappa shape index (κ1) is 10.0. The van der Waals surface area contributed by atoms with E-state index in [1.54, 1.807) is 0 Å². The summed E-state index contributed by atoms with van der Waals surface area (Å²) in [5.41, 5.74) is 0. The predicted molar refractivity (Wildman–Crippen MR) is 48.5 cm³/mol. The van der Waals surface area contributed by atoms with E-state index in [1.807, 2.05) is 0 Å². The van der Waals surface area contributed by atoms with Gasteiger partial charge in [0.25, 0.3) is 0 Å². The second kappa shape index (κ2) is 5.55. The number of ether oxygens (including phenoxy) is 1. The van der Waals surface area contributed by atoms with Crippen LogP contribution in [0.5, 0.6) is 0 Å². The van der Waals surface area contributed by atoms with Gasteiger partial charge in [0.05, 0.1) is 5.88 Å². The second-order valence-electron chi connectivity index (χ2n) is 3.27. The summed E-state index contributed by atoms with van der Waals surface area (Å²) in [6, 6.07) is 0. The highest BCUT2D eigenvalue weighted by Gasteiger charge is 2.14. The largest absolute Gasteiger partial charge is 0.381 e. The van der Waals surface area contributed by atoms with Crippen molar-refractivity contribution < 1.29 is 9.53 Å². The average molecular weight is 191 g/mol. The van der Waals surface area contributed by atoms with Crippen LogP contribution in [0, 0.1) is 5.92 Å². The number of hydrogen-bond acceptors (Lipinski definition) is 2. The van der Waals surface area contributed by atoms with Crippen LogP contribution in [0.3, 0.4) is 0 Å². The van der Waals surface area contributed by atoms with Crippen LogP contribution in [0.2, 0.25) is 0 Å². The lowest BCUT2D eigenvalue weighted by molar-refractivity contribution is -0.117. The quantitative estimate of drug-likeness (QED) is 0.634. The SMILES string of the molecule is O=C(CCl)CCC1CCOCC1. The number of ketones is 1. The monoisotopic (exact) mass is 190 g/mol. The van der Waals surface area contributed by atoms with Crippen molar-refractivity contribution in [3.8, 4) is 0 Å². The molecule has 0 spiro atoms. The fraction of sp³-hybridized carbons (Fsp3) is 0.889. The summed E-state index contributed by atoms with van der Waals surface area (Å²) in [7, 11) is 0. The predicted octanol–water partition coefficient (Wildman–Crippen LogP) is 2.00. The van der Waals surface area contributed by atoms with E-state index in [1.165, 1.54) is 0 Å². The Morgan fingerprint density at radius 2 is 2.08 bits per heavy atom. The number of carbonyl (C=O) groups excluding carboxylic acids is 1. The van der Waals surface area contributed by atoms with Crippen LogP contribution < -0.4 is 0 Å². The molecule has 1 rings (SSSR count). The normalized spacial score (nSPS) is 19.4. The Morgan fingerprint density at radius 3 is 2.67 bits per heavy atom. The highest BCUT2D eigenvalue weighted by atomic mass is 35.5. The fourth-order valence-corrected chi connectivity index (χ4v) is 1.60. The molecule has 3 heteroatoms. The third-order valence-corrected chi connectivity index (χ3v) is 2.62. The Labute approximate surface area is 78.2 Å². The molecule has 12 heavy (non-hydrogen) atoms. The lowest BCUT2D eigenvalue weighted by Crippen LogP contribution is -2.16. The van der Waals surface area contributed by atoms with Gasteiger partial charge in [-0.05, 0) is 25.2 Å². The average Bonchev–Trinajstić information content (AvgIpc) is 2.16. The summed E-state index contributed by atoms with van der Waals surface area (Å²) in [4.78, 5) is 10.9. The van der Waals surface area contributed by atoms with E-state index in [4.69, 9.17) is 16.3 Å². The van der Waals surface area contributed by atoms with Crippen molar-refractivity contribution >= 4 is 17.4 Å². The van der Waals surface area contributed by atoms with Gasteiger partial charge < -0.3 is 4.74 Å². The van der Waals surface area contributed by atoms with Gasteiger partial charge in [-0.2, -0.15) is 0 Å². The molecule has 70 valence electrons. The van der Waals surface area contributed by atoms with E-state index in [0.717, 1.165) is 32.5 Å². The van der Waals surface area contributed by atoms with Gasteiger partial charge in [0.2, 0.25) is 0 Å². The highest BCUT2D eigenvalue weighted by Crippen LogP contribution is 2.19. The van der Waals surface area contributed by atoms with Crippen LogP contribution >= 0.6 is 11.6 Å². The Balaban J connectivity index is 2.09. The van der Waals surface area contributed by atoms with Gasteiger partial charge in [0.1, 0.15) is 5.78 Å². The first-order valence-corrected chi connectivity index (χ1v) is 5.02. The second-order valence-corrected chi connectivity index (χ2v) is 3.53. The van der Waals surface area contributed by atoms with Gasteiger partial charge in [0.15, 0.2) is 0 Å². The molecule has 1 fully saturated rings. The maximum Gasteiger partial charge on any atom is 0.147 e. The minimum atomic E-state index is 0.170. The van der Waals surface area contributed by atoms with Gasteiger partial charge in [-0.1, -0.05) is 0 Å². The summed E-state index contributed by atoms with van der Waals surface area (Å²) in [6.07, 6.45) is 3.86. The number of rotatable bonds is 4. The van der Waals surface area contributed by atoms with E-state index in [-0.39, 0.29) is 11.7 Å². The summed E-state index contributed by atoms with van der Waals surface area (Å²) in [5.74, 6) is 1.03. The van der Waals surface area contributed by atoms with E-state index >= 15 is 0 Å².